The predicted octanol–water partition coefficient (Wildman–Crippen LogP) is 10.0. The summed E-state index contributed by atoms with van der Waals surface area (Å²) in [7, 11) is 0. The van der Waals surface area contributed by atoms with Crippen molar-refractivity contribution >= 4 is 11.4 Å². The van der Waals surface area contributed by atoms with E-state index >= 15 is 0 Å². The van der Waals surface area contributed by atoms with Gasteiger partial charge < -0.3 is 10.6 Å². The van der Waals surface area contributed by atoms with Gasteiger partial charge in [-0.2, -0.15) is 10.2 Å². The molecule has 2 aromatic rings. The van der Waals surface area contributed by atoms with E-state index in [0.29, 0.717) is 18.5 Å². The molecule has 4 nitrogen and oxygen atoms in total. The van der Waals surface area contributed by atoms with Crippen LogP contribution in [0.2, 0.25) is 0 Å². The Kier molecular flexibility index (Phi) is 17.5. The Bertz CT molecular complexity index is 1090. The second-order valence-electron chi connectivity index (χ2n) is 11.8. The van der Waals surface area contributed by atoms with Crippen molar-refractivity contribution in [3.63, 3.8) is 0 Å². The van der Waals surface area contributed by atoms with E-state index in [9.17, 15) is 0 Å². The monoisotopic (exact) mass is 556 g/mol. The fourth-order valence-corrected chi connectivity index (χ4v) is 4.71. The fourth-order valence-electron chi connectivity index (χ4n) is 4.71. The smallest absolute Gasteiger partial charge is 0.0891 e. The number of hydrogen-bond donors (Lipinski definition) is 2. The Balaban J connectivity index is 1.76. The van der Waals surface area contributed by atoms with Gasteiger partial charge in [0.25, 0.3) is 0 Å². The highest BCUT2D eigenvalue weighted by atomic mass is 15.1. The Morgan fingerprint density at radius 2 is 1.49 bits per heavy atom. The van der Waals surface area contributed by atoms with Crippen LogP contribution in [0.15, 0.2) is 65.0 Å². The van der Waals surface area contributed by atoms with Gasteiger partial charge >= 0.3 is 0 Å². The van der Waals surface area contributed by atoms with E-state index in [1.165, 1.54) is 61.6 Å². The number of aryl methyl sites for hydroxylation is 3. The molecule has 2 N–H and O–H groups in total. The minimum atomic E-state index is 0.411. The summed E-state index contributed by atoms with van der Waals surface area (Å²) >= 11 is 0. The summed E-state index contributed by atoms with van der Waals surface area (Å²) in [5.41, 5.74) is 6.93. The van der Waals surface area contributed by atoms with Crippen molar-refractivity contribution in [2.24, 2.45) is 16.1 Å². The van der Waals surface area contributed by atoms with Gasteiger partial charge in [-0.05, 0) is 86.4 Å². The van der Waals surface area contributed by atoms with Crippen LogP contribution < -0.4 is 10.6 Å². The SMILES string of the molecule is C=C(CCCc1ccc(/N=N/c2cc(CC)ccc2CCCCCCCCCNC(C)C)cc1)NCC#CC(C)C. The van der Waals surface area contributed by atoms with Crippen LogP contribution in [0.1, 0.15) is 109 Å². The summed E-state index contributed by atoms with van der Waals surface area (Å²) in [4.78, 5) is 0. The van der Waals surface area contributed by atoms with E-state index in [2.05, 4.69) is 111 Å². The van der Waals surface area contributed by atoms with Crippen LogP contribution in [-0.2, 0) is 19.3 Å². The van der Waals surface area contributed by atoms with Crippen LogP contribution in [-0.4, -0.2) is 19.1 Å². The highest BCUT2D eigenvalue weighted by Gasteiger charge is 2.05. The molecule has 2 aromatic carbocycles. The number of nitrogens with one attached hydrogen (secondary N) is 2. The van der Waals surface area contributed by atoms with E-state index in [1.54, 1.807) is 0 Å². The first-order valence-corrected chi connectivity index (χ1v) is 16.1. The van der Waals surface area contributed by atoms with Crippen molar-refractivity contribution in [3.05, 3.63) is 71.4 Å². The lowest BCUT2D eigenvalue weighted by Gasteiger charge is -2.08. The zero-order valence-electron chi connectivity index (χ0n) is 26.7. The largest absolute Gasteiger partial charge is 0.378 e. The van der Waals surface area contributed by atoms with E-state index in [4.69, 9.17) is 5.11 Å². The van der Waals surface area contributed by atoms with Gasteiger partial charge in [-0.15, -0.1) is 0 Å². The topological polar surface area (TPSA) is 48.8 Å². The van der Waals surface area contributed by atoms with Gasteiger partial charge in [0, 0.05) is 17.7 Å². The Morgan fingerprint density at radius 3 is 2.17 bits per heavy atom. The fraction of sp³-hybridized carbons (Fsp3) is 0.568. The maximum Gasteiger partial charge on any atom is 0.0891 e. The molecule has 0 saturated heterocycles. The second-order valence-corrected chi connectivity index (χ2v) is 11.8. The summed E-state index contributed by atoms with van der Waals surface area (Å²) in [6.07, 6.45) is 14.3. The Morgan fingerprint density at radius 1 is 0.805 bits per heavy atom. The molecule has 0 aliphatic heterocycles. The first-order valence-electron chi connectivity index (χ1n) is 16.1. The van der Waals surface area contributed by atoms with Gasteiger partial charge in [-0.1, -0.05) is 109 Å². The number of unbranched alkanes of at least 4 members (excludes halogenated alkanes) is 6. The summed E-state index contributed by atoms with van der Waals surface area (Å²) in [6.45, 7) is 16.8. The zero-order valence-corrected chi connectivity index (χ0v) is 26.7. The molecule has 0 fully saturated rings. The van der Waals surface area contributed by atoms with Gasteiger partial charge in [0.2, 0.25) is 0 Å². The van der Waals surface area contributed by atoms with Gasteiger partial charge in [-0.25, -0.2) is 0 Å². The third-order valence-corrected chi connectivity index (χ3v) is 7.20. The standard InChI is InChI=1S/C37H56N4/c1-7-33-21-24-35(20-13-11-9-8-10-12-14-27-38-31(4)5)37(29-33)41-40-36-25-22-34(23-26-36)19-15-18-32(6)39-28-16-17-30(2)3/h21-26,29-31,38-39H,6-15,18-20,27-28H2,1-5H3/b41-40+. The number of allylic oxidation sites excluding steroid dienone is 1. The van der Waals surface area contributed by atoms with E-state index in [0.717, 1.165) is 55.7 Å². The molecule has 4 heteroatoms. The number of nitrogens with zero attached hydrogens (tertiary/aromatic N) is 2. The normalized spacial score (nSPS) is 11.3. The van der Waals surface area contributed by atoms with Crippen LogP contribution in [0, 0.1) is 17.8 Å². The molecule has 41 heavy (non-hydrogen) atoms. The number of rotatable bonds is 20. The molecule has 0 atom stereocenters. The van der Waals surface area contributed by atoms with Crippen molar-refractivity contribution in [1.29, 1.82) is 0 Å². The maximum atomic E-state index is 4.70. The van der Waals surface area contributed by atoms with Crippen LogP contribution >= 0.6 is 0 Å². The van der Waals surface area contributed by atoms with Crippen molar-refractivity contribution in [1.82, 2.24) is 10.6 Å². The number of hydrogen-bond acceptors (Lipinski definition) is 4. The van der Waals surface area contributed by atoms with Crippen LogP contribution in [0.4, 0.5) is 11.4 Å². The van der Waals surface area contributed by atoms with Crippen molar-refractivity contribution < 1.29 is 0 Å². The Hall–Kier alpha value is -2.90. The lowest BCUT2D eigenvalue weighted by molar-refractivity contribution is 0.529. The first kappa shape index (κ1) is 34.3. The molecule has 0 saturated carbocycles. The average Bonchev–Trinajstić information content (AvgIpc) is 2.96. The molecule has 0 spiro atoms. The molecular weight excluding hydrogens is 500 g/mol. The third kappa shape index (κ3) is 16.2. The van der Waals surface area contributed by atoms with E-state index in [1.807, 2.05) is 0 Å². The molecule has 0 radical (unpaired) electrons. The maximum absolute atomic E-state index is 4.70. The van der Waals surface area contributed by atoms with Crippen LogP contribution in [0.25, 0.3) is 0 Å². The van der Waals surface area contributed by atoms with E-state index < -0.39 is 0 Å². The van der Waals surface area contributed by atoms with Gasteiger partial charge in [0.1, 0.15) is 0 Å². The Labute approximate surface area is 251 Å². The zero-order chi connectivity index (χ0) is 29.7. The van der Waals surface area contributed by atoms with Crippen molar-refractivity contribution in [2.75, 3.05) is 13.1 Å². The molecule has 0 aromatic heterocycles. The molecule has 2 rings (SSSR count). The second kappa shape index (κ2) is 20.9. The molecule has 0 aliphatic carbocycles. The highest BCUT2D eigenvalue weighted by molar-refractivity contribution is 5.49. The lowest BCUT2D eigenvalue weighted by Crippen LogP contribution is -2.23. The average molecular weight is 557 g/mol. The van der Waals surface area contributed by atoms with Gasteiger partial charge in [-0.3, -0.25) is 0 Å². The minimum absolute atomic E-state index is 0.411. The highest BCUT2D eigenvalue weighted by Crippen LogP contribution is 2.26. The predicted molar refractivity (Wildman–Crippen MR) is 178 cm³/mol. The molecular formula is C37H56N4. The summed E-state index contributed by atoms with van der Waals surface area (Å²) < 4.78 is 0. The quantitative estimate of drug-likeness (QED) is 0.0968. The molecule has 0 heterocycles. The molecule has 0 unspecified atom stereocenters. The van der Waals surface area contributed by atoms with E-state index in [-0.39, 0.29) is 0 Å². The van der Waals surface area contributed by atoms with Crippen molar-refractivity contribution in [2.45, 2.75) is 118 Å². The van der Waals surface area contributed by atoms with Crippen molar-refractivity contribution in [3.8, 4) is 11.8 Å². The number of azo groups is 1. The molecule has 0 aliphatic rings. The van der Waals surface area contributed by atoms with Gasteiger partial charge in [0.05, 0.1) is 17.9 Å². The number of benzene rings is 2. The lowest BCUT2D eigenvalue weighted by atomic mass is 10.0. The minimum Gasteiger partial charge on any atom is -0.378 e. The summed E-state index contributed by atoms with van der Waals surface area (Å²) in [5.74, 6) is 6.73. The molecule has 0 bridgehead atoms. The van der Waals surface area contributed by atoms with Crippen LogP contribution in [0.3, 0.4) is 0 Å². The summed E-state index contributed by atoms with van der Waals surface area (Å²) in [5, 5.41) is 16.1. The first-order chi connectivity index (χ1) is 19.9. The third-order valence-electron chi connectivity index (χ3n) is 7.20. The molecule has 224 valence electrons. The van der Waals surface area contributed by atoms with Gasteiger partial charge in [0.15, 0.2) is 0 Å². The van der Waals surface area contributed by atoms with Crippen LogP contribution in [0.5, 0.6) is 0 Å². The summed E-state index contributed by atoms with van der Waals surface area (Å²) in [6, 6.07) is 15.8. The molecule has 0 amide bonds.